The van der Waals surface area contributed by atoms with Crippen LogP contribution in [0.4, 0.5) is 0 Å². The molecule has 1 aliphatic carbocycles. The lowest BCUT2D eigenvalue weighted by Crippen LogP contribution is -2.28. The van der Waals surface area contributed by atoms with Gasteiger partial charge in [-0.15, -0.1) is 0 Å². The van der Waals surface area contributed by atoms with Gasteiger partial charge in [0.05, 0.1) is 6.10 Å². The zero-order valence-corrected chi connectivity index (χ0v) is 12.7. The lowest BCUT2D eigenvalue weighted by molar-refractivity contribution is 0.0494. The van der Waals surface area contributed by atoms with Gasteiger partial charge in [0.1, 0.15) is 11.9 Å². The summed E-state index contributed by atoms with van der Waals surface area (Å²) in [6.45, 7) is 0. The second-order valence-corrected chi connectivity index (χ2v) is 6.83. The zero-order valence-electron chi connectivity index (χ0n) is 11.1. The molecule has 2 nitrogen and oxygen atoms in total. The highest BCUT2D eigenvalue weighted by molar-refractivity contribution is 9.10. The second-order valence-electron chi connectivity index (χ2n) is 5.91. The van der Waals surface area contributed by atoms with Crippen molar-refractivity contribution in [3.05, 3.63) is 28.2 Å². The van der Waals surface area contributed by atoms with Crippen molar-refractivity contribution in [1.29, 1.82) is 0 Å². The smallest absolute Gasteiger partial charge is 0.126 e. The molecule has 1 N–H and O–H groups in total. The third-order valence-electron chi connectivity index (χ3n) is 4.44. The average Bonchev–Trinajstić information content (AvgIpc) is 2.39. The number of rotatable bonds is 2. The molecular formula is C16H21BrO2. The standard InChI is InChI=1S/C16H21BrO2/c17-12-6-7-14-15(18)10-13(19-16(14)9-12)8-11-4-2-1-3-5-11/h6-7,9,11,13,15,18H,1-5,8,10H2/t13?,15-/m1/s1. The summed E-state index contributed by atoms with van der Waals surface area (Å²) in [6.07, 6.45) is 8.44. The van der Waals surface area contributed by atoms with E-state index < -0.39 is 0 Å². The molecule has 1 saturated carbocycles. The van der Waals surface area contributed by atoms with Crippen LogP contribution in [-0.4, -0.2) is 11.2 Å². The molecule has 19 heavy (non-hydrogen) atoms. The Morgan fingerprint density at radius 1 is 1.21 bits per heavy atom. The maximum atomic E-state index is 10.3. The highest BCUT2D eigenvalue weighted by Crippen LogP contribution is 2.39. The van der Waals surface area contributed by atoms with Crippen molar-refractivity contribution in [1.82, 2.24) is 0 Å². The summed E-state index contributed by atoms with van der Waals surface area (Å²) in [5.74, 6) is 1.65. The highest BCUT2D eigenvalue weighted by atomic mass is 79.9. The first-order chi connectivity index (χ1) is 9.22. The van der Waals surface area contributed by atoms with Crippen molar-refractivity contribution in [2.75, 3.05) is 0 Å². The molecule has 1 aromatic rings. The fourth-order valence-electron chi connectivity index (χ4n) is 3.43. The lowest BCUT2D eigenvalue weighted by Gasteiger charge is -2.33. The average molecular weight is 325 g/mol. The largest absolute Gasteiger partial charge is 0.490 e. The van der Waals surface area contributed by atoms with Gasteiger partial charge in [0.25, 0.3) is 0 Å². The molecule has 0 bridgehead atoms. The molecular weight excluding hydrogens is 304 g/mol. The van der Waals surface area contributed by atoms with Crippen molar-refractivity contribution in [2.45, 2.75) is 57.2 Å². The van der Waals surface area contributed by atoms with Gasteiger partial charge >= 0.3 is 0 Å². The van der Waals surface area contributed by atoms with Gasteiger partial charge in [0.15, 0.2) is 0 Å². The molecule has 104 valence electrons. The summed E-state index contributed by atoms with van der Waals surface area (Å²) < 4.78 is 7.11. The van der Waals surface area contributed by atoms with Crippen LogP contribution >= 0.6 is 15.9 Å². The van der Waals surface area contributed by atoms with Crippen LogP contribution in [0.15, 0.2) is 22.7 Å². The minimum atomic E-state index is -0.370. The predicted molar refractivity (Wildman–Crippen MR) is 79.3 cm³/mol. The fraction of sp³-hybridized carbons (Fsp3) is 0.625. The topological polar surface area (TPSA) is 29.5 Å². The van der Waals surface area contributed by atoms with Gasteiger partial charge in [-0.25, -0.2) is 0 Å². The zero-order chi connectivity index (χ0) is 13.2. The van der Waals surface area contributed by atoms with E-state index in [0.29, 0.717) is 0 Å². The second kappa shape index (κ2) is 5.84. The van der Waals surface area contributed by atoms with Crippen LogP contribution in [-0.2, 0) is 0 Å². The molecule has 1 fully saturated rings. The SMILES string of the molecule is O[C@@H]1CC(CC2CCCCC2)Oc2cc(Br)ccc21. The van der Waals surface area contributed by atoms with Crippen LogP contribution in [0.2, 0.25) is 0 Å². The third kappa shape index (κ3) is 3.14. The van der Waals surface area contributed by atoms with Crippen LogP contribution in [0.3, 0.4) is 0 Å². The monoisotopic (exact) mass is 324 g/mol. The number of aliphatic hydroxyl groups is 1. The van der Waals surface area contributed by atoms with Gasteiger partial charge in [0.2, 0.25) is 0 Å². The van der Waals surface area contributed by atoms with E-state index in [9.17, 15) is 5.11 Å². The van der Waals surface area contributed by atoms with Gasteiger partial charge in [0, 0.05) is 16.5 Å². The Morgan fingerprint density at radius 3 is 2.79 bits per heavy atom. The Morgan fingerprint density at radius 2 is 2.00 bits per heavy atom. The molecule has 1 unspecified atom stereocenters. The molecule has 2 atom stereocenters. The Balaban J connectivity index is 1.69. The fourth-order valence-corrected chi connectivity index (χ4v) is 3.77. The van der Waals surface area contributed by atoms with Crippen LogP contribution in [0.1, 0.15) is 56.6 Å². The summed E-state index contributed by atoms with van der Waals surface area (Å²) >= 11 is 3.47. The molecule has 1 aromatic carbocycles. The van der Waals surface area contributed by atoms with Crippen molar-refractivity contribution in [2.24, 2.45) is 5.92 Å². The molecule has 1 heterocycles. The van der Waals surface area contributed by atoms with Gasteiger partial charge in [-0.2, -0.15) is 0 Å². The van der Waals surface area contributed by atoms with Crippen LogP contribution in [0.25, 0.3) is 0 Å². The minimum absolute atomic E-state index is 0.180. The molecule has 0 radical (unpaired) electrons. The molecule has 0 spiro atoms. The minimum Gasteiger partial charge on any atom is -0.490 e. The van der Waals surface area contributed by atoms with Crippen LogP contribution < -0.4 is 4.74 Å². The molecule has 2 aliphatic rings. The molecule has 0 aromatic heterocycles. The highest BCUT2D eigenvalue weighted by Gasteiger charge is 2.29. The molecule has 3 heteroatoms. The van der Waals surface area contributed by atoms with Crippen LogP contribution in [0.5, 0.6) is 5.75 Å². The first-order valence-corrected chi connectivity index (χ1v) is 8.16. The van der Waals surface area contributed by atoms with E-state index in [2.05, 4.69) is 15.9 Å². The molecule has 3 rings (SSSR count). The number of ether oxygens (including phenoxy) is 1. The van der Waals surface area contributed by atoms with Crippen molar-refractivity contribution in [3.8, 4) is 5.75 Å². The Labute approximate surface area is 123 Å². The third-order valence-corrected chi connectivity index (χ3v) is 4.93. The van der Waals surface area contributed by atoms with Crippen molar-refractivity contribution >= 4 is 15.9 Å². The summed E-state index contributed by atoms with van der Waals surface area (Å²) in [5, 5.41) is 10.3. The van der Waals surface area contributed by atoms with Gasteiger partial charge in [-0.1, -0.05) is 54.1 Å². The van der Waals surface area contributed by atoms with Crippen molar-refractivity contribution < 1.29 is 9.84 Å². The maximum Gasteiger partial charge on any atom is 0.126 e. The van der Waals surface area contributed by atoms with E-state index in [1.165, 1.54) is 32.1 Å². The molecule has 1 aliphatic heterocycles. The van der Waals surface area contributed by atoms with Gasteiger partial charge < -0.3 is 9.84 Å². The lowest BCUT2D eigenvalue weighted by atomic mass is 9.83. The number of hydrogen-bond donors (Lipinski definition) is 1. The van der Waals surface area contributed by atoms with Gasteiger partial charge in [-0.3, -0.25) is 0 Å². The number of benzene rings is 1. The number of fused-ring (bicyclic) bond motifs is 1. The molecule has 0 amide bonds. The van der Waals surface area contributed by atoms with Gasteiger partial charge in [-0.05, 0) is 24.5 Å². The maximum absolute atomic E-state index is 10.3. The van der Waals surface area contributed by atoms with E-state index in [4.69, 9.17) is 4.74 Å². The summed E-state index contributed by atoms with van der Waals surface area (Å²) in [7, 11) is 0. The Hall–Kier alpha value is -0.540. The molecule has 0 saturated heterocycles. The summed E-state index contributed by atoms with van der Waals surface area (Å²) in [5.41, 5.74) is 0.933. The predicted octanol–water partition coefficient (Wildman–Crippen LogP) is 4.60. The Kier molecular flexibility index (Phi) is 4.13. The van der Waals surface area contributed by atoms with E-state index in [0.717, 1.165) is 34.5 Å². The van der Waals surface area contributed by atoms with E-state index in [-0.39, 0.29) is 12.2 Å². The Bertz CT molecular complexity index is 440. The van der Waals surface area contributed by atoms with E-state index in [1.807, 2.05) is 18.2 Å². The summed E-state index contributed by atoms with van der Waals surface area (Å²) in [6, 6.07) is 5.90. The summed E-state index contributed by atoms with van der Waals surface area (Å²) in [4.78, 5) is 0. The quantitative estimate of drug-likeness (QED) is 0.861. The normalized spacial score (nSPS) is 27.7. The van der Waals surface area contributed by atoms with Crippen molar-refractivity contribution in [3.63, 3.8) is 0 Å². The number of halogens is 1. The van der Waals surface area contributed by atoms with E-state index >= 15 is 0 Å². The van der Waals surface area contributed by atoms with E-state index in [1.54, 1.807) is 0 Å². The number of hydrogen-bond acceptors (Lipinski definition) is 2. The van der Waals surface area contributed by atoms with Crippen LogP contribution in [0, 0.1) is 5.92 Å². The number of aliphatic hydroxyl groups excluding tert-OH is 1. The first kappa shape index (κ1) is 13.4. The first-order valence-electron chi connectivity index (χ1n) is 7.36.